The SMILES string of the molecule is CC1(c2cocn2)C=CC(S(=O)(=O)NC2CCCCC2)=CC1. The van der Waals surface area contributed by atoms with E-state index in [-0.39, 0.29) is 11.5 Å². The maximum atomic E-state index is 12.5. The minimum absolute atomic E-state index is 0.0805. The normalized spacial score (nSPS) is 26.9. The number of sulfonamides is 1. The van der Waals surface area contributed by atoms with E-state index in [0.29, 0.717) is 11.3 Å². The van der Waals surface area contributed by atoms with Crippen LogP contribution in [0.15, 0.2) is 40.2 Å². The standard InChI is InChI=1S/C16H22N2O3S/c1-16(15-11-21-12-17-15)9-7-14(8-10-16)22(19,20)18-13-5-3-2-4-6-13/h7-9,11-13,18H,2-6,10H2,1H3. The molecule has 0 bridgehead atoms. The Hall–Kier alpha value is -1.40. The first-order valence-electron chi connectivity index (χ1n) is 7.80. The average Bonchev–Trinajstić information content (AvgIpc) is 3.03. The van der Waals surface area contributed by atoms with E-state index < -0.39 is 10.0 Å². The lowest BCUT2D eigenvalue weighted by atomic mass is 9.81. The third-order valence-electron chi connectivity index (χ3n) is 4.60. The van der Waals surface area contributed by atoms with Gasteiger partial charge in [0.15, 0.2) is 6.39 Å². The first-order chi connectivity index (χ1) is 10.5. The highest BCUT2D eigenvalue weighted by molar-refractivity contribution is 7.93. The van der Waals surface area contributed by atoms with Crippen LogP contribution in [-0.2, 0) is 15.4 Å². The first kappa shape index (κ1) is 15.5. The Kier molecular flexibility index (Phi) is 4.23. The highest BCUT2D eigenvalue weighted by Crippen LogP contribution is 2.33. The van der Waals surface area contributed by atoms with Gasteiger partial charge in [0.1, 0.15) is 6.26 Å². The molecule has 1 atom stereocenters. The Morgan fingerprint density at radius 2 is 2.09 bits per heavy atom. The molecule has 1 aromatic rings. The molecular formula is C16H22N2O3S. The molecule has 5 nitrogen and oxygen atoms in total. The fourth-order valence-corrected chi connectivity index (χ4v) is 4.47. The second-order valence-corrected chi connectivity index (χ2v) is 8.11. The average molecular weight is 322 g/mol. The molecule has 0 aromatic carbocycles. The van der Waals surface area contributed by atoms with Gasteiger partial charge in [-0.25, -0.2) is 18.1 Å². The first-order valence-corrected chi connectivity index (χ1v) is 9.28. The zero-order valence-corrected chi connectivity index (χ0v) is 13.6. The Balaban J connectivity index is 1.71. The predicted octanol–water partition coefficient (Wildman–Crippen LogP) is 3.03. The summed E-state index contributed by atoms with van der Waals surface area (Å²) in [5.41, 5.74) is 0.508. The van der Waals surface area contributed by atoms with Crippen LogP contribution in [0, 0.1) is 0 Å². The molecule has 1 saturated carbocycles. The third kappa shape index (κ3) is 3.17. The van der Waals surface area contributed by atoms with Crippen molar-refractivity contribution in [2.24, 2.45) is 0 Å². The van der Waals surface area contributed by atoms with E-state index in [4.69, 9.17) is 4.42 Å². The van der Waals surface area contributed by atoms with Crippen molar-refractivity contribution >= 4 is 10.0 Å². The van der Waals surface area contributed by atoms with E-state index in [1.54, 1.807) is 18.4 Å². The number of nitrogens with zero attached hydrogens (tertiary/aromatic N) is 1. The van der Waals surface area contributed by atoms with Crippen LogP contribution in [0.3, 0.4) is 0 Å². The fraction of sp³-hybridized carbons (Fsp3) is 0.562. The lowest BCUT2D eigenvalue weighted by Crippen LogP contribution is -2.37. The van der Waals surface area contributed by atoms with Crippen molar-refractivity contribution in [3.05, 3.63) is 41.5 Å². The summed E-state index contributed by atoms with van der Waals surface area (Å²) in [7, 11) is -3.42. The molecular weight excluding hydrogens is 300 g/mol. The summed E-state index contributed by atoms with van der Waals surface area (Å²) in [5.74, 6) is 0. The highest BCUT2D eigenvalue weighted by Gasteiger charge is 2.31. The largest absolute Gasteiger partial charge is 0.451 e. The van der Waals surface area contributed by atoms with Gasteiger partial charge in [-0.1, -0.05) is 38.3 Å². The Bertz CT molecular complexity index is 670. The molecule has 0 aliphatic heterocycles. The monoisotopic (exact) mass is 322 g/mol. The van der Waals surface area contributed by atoms with E-state index in [1.807, 2.05) is 13.0 Å². The number of hydrogen-bond acceptors (Lipinski definition) is 4. The number of hydrogen-bond donors (Lipinski definition) is 1. The van der Waals surface area contributed by atoms with Gasteiger partial charge in [0.25, 0.3) is 0 Å². The minimum atomic E-state index is -3.42. The van der Waals surface area contributed by atoms with Crippen LogP contribution in [-0.4, -0.2) is 19.4 Å². The Labute approximate surface area is 131 Å². The van der Waals surface area contributed by atoms with Gasteiger partial charge in [-0.05, 0) is 25.3 Å². The molecule has 0 amide bonds. The van der Waals surface area contributed by atoms with Crippen LogP contribution >= 0.6 is 0 Å². The van der Waals surface area contributed by atoms with Gasteiger partial charge in [-0.15, -0.1) is 0 Å². The van der Waals surface area contributed by atoms with Crippen molar-refractivity contribution in [2.45, 2.75) is 56.9 Å². The van der Waals surface area contributed by atoms with Gasteiger partial charge >= 0.3 is 0 Å². The van der Waals surface area contributed by atoms with Gasteiger partial charge in [0.05, 0.1) is 10.6 Å². The van der Waals surface area contributed by atoms with Gasteiger partial charge in [-0.2, -0.15) is 0 Å². The molecule has 120 valence electrons. The van der Waals surface area contributed by atoms with Gasteiger partial charge in [0, 0.05) is 11.5 Å². The van der Waals surface area contributed by atoms with Gasteiger partial charge in [-0.3, -0.25) is 0 Å². The lowest BCUT2D eigenvalue weighted by molar-refractivity contribution is 0.413. The number of aromatic nitrogens is 1. The fourth-order valence-electron chi connectivity index (χ4n) is 3.11. The maximum Gasteiger partial charge on any atom is 0.240 e. The van der Waals surface area contributed by atoms with Crippen LogP contribution in [0.5, 0.6) is 0 Å². The zero-order chi connectivity index (χ0) is 15.6. The van der Waals surface area contributed by atoms with E-state index in [1.165, 1.54) is 12.8 Å². The van der Waals surface area contributed by atoms with E-state index in [2.05, 4.69) is 9.71 Å². The van der Waals surface area contributed by atoms with E-state index in [0.717, 1.165) is 31.4 Å². The summed E-state index contributed by atoms with van der Waals surface area (Å²) in [4.78, 5) is 4.54. The number of allylic oxidation sites excluding steroid dienone is 3. The van der Waals surface area contributed by atoms with Crippen molar-refractivity contribution < 1.29 is 12.8 Å². The number of rotatable bonds is 4. The molecule has 6 heteroatoms. The van der Waals surface area contributed by atoms with Crippen LogP contribution in [0.2, 0.25) is 0 Å². The Morgan fingerprint density at radius 1 is 1.32 bits per heavy atom. The molecule has 0 spiro atoms. The molecule has 0 radical (unpaired) electrons. The van der Waals surface area contributed by atoms with Crippen LogP contribution < -0.4 is 4.72 Å². The van der Waals surface area contributed by atoms with E-state index in [9.17, 15) is 8.42 Å². The summed E-state index contributed by atoms with van der Waals surface area (Å²) in [6, 6.07) is 0.0805. The summed E-state index contributed by atoms with van der Waals surface area (Å²) in [6.45, 7) is 2.02. The molecule has 1 unspecified atom stereocenters. The lowest BCUT2D eigenvalue weighted by Gasteiger charge is -2.27. The van der Waals surface area contributed by atoms with Crippen LogP contribution in [0.1, 0.15) is 51.1 Å². The van der Waals surface area contributed by atoms with Crippen molar-refractivity contribution in [3.63, 3.8) is 0 Å². The Morgan fingerprint density at radius 3 is 2.68 bits per heavy atom. The van der Waals surface area contributed by atoms with Crippen molar-refractivity contribution in [1.82, 2.24) is 9.71 Å². The second-order valence-electron chi connectivity index (χ2n) is 6.39. The molecule has 1 N–H and O–H groups in total. The van der Waals surface area contributed by atoms with Crippen molar-refractivity contribution in [1.29, 1.82) is 0 Å². The zero-order valence-electron chi connectivity index (χ0n) is 12.8. The molecule has 0 saturated heterocycles. The van der Waals surface area contributed by atoms with Gasteiger partial charge < -0.3 is 4.42 Å². The molecule has 2 aliphatic carbocycles. The smallest absolute Gasteiger partial charge is 0.240 e. The predicted molar refractivity (Wildman–Crippen MR) is 84.6 cm³/mol. The molecule has 3 rings (SSSR count). The summed E-state index contributed by atoms with van der Waals surface area (Å²) < 4.78 is 32.8. The minimum Gasteiger partial charge on any atom is -0.451 e. The highest BCUT2D eigenvalue weighted by atomic mass is 32.2. The van der Waals surface area contributed by atoms with Gasteiger partial charge in [0.2, 0.25) is 10.0 Å². The van der Waals surface area contributed by atoms with Crippen molar-refractivity contribution in [3.8, 4) is 0 Å². The summed E-state index contributed by atoms with van der Waals surface area (Å²) in [6.07, 6.45) is 14.3. The molecule has 1 fully saturated rings. The topological polar surface area (TPSA) is 72.2 Å². The number of oxazole rings is 1. The molecule has 1 heterocycles. The summed E-state index contributed by atoms with van der Waals surface area (Å²) >= 11 is 0. The van der Waals surface area contributed by atoms with Crippen molar-refractivity contribution in [2.75, 3.05) is 0 Å². The molecule has 1 aromatic heterocycles. The quantitative estimate of drug-likeness (QED) is 0.925. The number of nitrogens with one attached hydrogen (secondary N) is 1. The van der Waals surface area contributed by atoms with E-state index >= 15 is 0 Å². The molecule has 22 heavy (non-hydrogen) atoms. The third-order valence-corrected chi connectivity index (χ3v) is 6.16. The summed E-state index contributed by atoms with van der Waals surface area (Å²) in [5, 5.41) is 0. The van der Waals surface area contributed by atoms with Crippen LogP contribution in [0.4, 0.5) is 0 Å². The van der Waals surface area contributed by atoms with Crippen LogP contribution in [0.25, 0.3) is 0 Å². The second kappa shape index (κ2) is 6.01. The maximum absolute atomic E-state index is 12.5. The molecule has 2 aliphatic rings.